The zero-order valence-corrected chi connectivity index (χ0v) is 12.8. The van der Waals surface area contributed by atoms with Crippen LogP contribution in [-0.2, 0) is 4.79 Å². The summed E-state index contributed by atoms with van der Waals surface area (Å²) in [5.41, 5.74) is 1.10. The number of carbonyl (C=O) groups excluding carboxylic acids is 2. The van der Waals surface area contributed by atoms with Gasteiger partial charge in [-0.05, 0) is 39.0 Å². The van der Waals surface area contributed by atoms with Gasteiger partial charge in [-0.25, -0.2) is 0 Å². The van der Waals surface area contributed by atoms with Gasteiger partial charge in [0, 0.05) is 30.9 Å². The van der Waals surface area contributed by atoms with Crippen LogP contribution >= 0.6 is 0 Å². The lowest BCUT2D eigenvalue weighted by atomic mass is 10.1. The monoisotopic (exact) mass is 277 g/mol. The largest absolute Gasteiger partial charge is 0.376 e. The third kappa shape index (κ3) is 5.30. The first-order chi connectivity index (χ1) is 9.19. The second-order valence-electron chi connectivity index (χ2n) is 5.93. The number of anilines is 1. The van der Waals surface area contributed by atoms with Crippen LogP contribution in [0.2, 0.25) is 0 Å². The molecule has 0 spiro atoms. The van der Waals surface area contributed by atoms with Crippen LogP contribution in [-0.4, -0.2) is 42.9 Å². The number of hydrogen-bond donors (Lipinski definition) is 2. The van der Waals surface area contributed by atoms with Crippen LogP contribution in [0.3, 0.4) is 0 Å². The highest BCUT2D eigenvalue weighted by Gasteiger charge is 2.13. The summed E-state index contributed by atoms with van der Waals surface area (Å²) in [6, 6.07) is 7.12. The minimum Gasteiger partial charge on any atom is -0.376 e. The van der Waals surface area contributed by atoms with E-state index in [1.165, 1.54) is 4.90 Å². The number of nitrogens with zero attached hydrogens (tertiary/aromatic N) is 1. The summed E-state index contributed by atoms with van der Waals surface area (Å²) in [4.78, 5) is 25.1. The molecule has 2 amide bonds. The molecule has 0 saturated carbocycles. The Kier molecular flexibility index (Phi) is 5.13. The number of amides is 2. The van der Waals surface area contributed by atoms with Gasteiger partial charge in [0.05, 0.1) is 6.54 Å². The predicted molar refractivity (Wildman–Crippen MR) is 80.8 cm³/mol. The second-order valence-corrected chi connectivity index (χ2v) is 5.93. The SMILES string of the molecule is CN(C)C(=O)c1cccc(NCC(=O)NC(C)(C)C)c1. The van der Waals surface area contributed by atoms with Crippen LogP contribution in [0.15, 0.2) is 24.3 Å². The molecule has 0 aliphatic heterocycles. The van der Waals surface area contributed by atoms with Gasteiger partial charge in [0.15, 0.2) is 0 Å². The van der Waals surface area contributed by atoms with E-state index in [0.717, 1.165) is 5.69 Å². The topological polar surface area (TPSA) is 61.4 Å². The Balaban J connectivity index is 2.63. The van der Waals surface area contributed by atoms with Crippen molar-refractivity contribution in [2.24, 2.45) is 0 Å². The van der Waals surface area contributed by atoms with E-state index in [0.29, 0.717) is 5.56 Å². The highest BCUT2D eigenvalue weighted by molar-refractivity contribution is 5.95. The molecule has 0 unspecified atom stereocenters. The standard InChI is InChI=1S/C15H23N3O2/c1-15(2,3)17-13(19)10-16-12-8-6-7-11(9-12)14(20)18(4)5/h6-9,16H,10H2,1-5H3,(H,17,19). The molecule has 1 rings (SSSR count). The average Bonchev–Trinajstić information content (AvgIpc) is 2.33. The number of nitrogens with one attached hydrogen (secondary N) is 2. The van der Waals surface area contributed by atoms with Gasteiger partial charge in [-0.3, -0.25) is 9.59 Å². The van der Waals surface area contributed by atoms with E-state index in [2.05, 4.69) is 10.6 Å². The molecule has 0 aliphatic rings. The first kappa shape index (κ1) is 16.0. The lowest BCUT2D eigenvalue weighted by Crippen LogP contribution is -2.43. The summed E-state index contributed by atoms with van der Waals surface area (Å²) in [7, 11) is 3.42. The van der Waals surface area contributed by atoms with Crippen LogP contribution in [0, 0.1) is 0 Å². The maximum Gasteiger partial charge on any atom is 0.253 e. The Bertz CT molecular complexity index is 490. The number of benzene rings is 1. The van der Waals surface area contributed by atoms with E-state index in [9.17, 15) is 9.59 Å². The van der Waals surface area contributed by atoms with Crippen LogP contribution in [0.25, 0.3) is 0 Å². The third-order valence-corrected chi connectivity index (χ3v) is 2.48. The molecular formula is C15H23N3O2. The summed E-state index contributed by atoms with van der Waals surface area (Å²) in [5, 5.41) is 5.89. The fourth-order valence-electron chi connectivity index (χ4n) is 1.67. The van der Waals surface area contributed by atoms with E-state index in [1.807, 2.05) is 26.8 Å². The van der Waals surface area contributed by atoms with Gasteiger partial charge >= 0.3 is 0 Å². The fraction of sp³-hybridized carbons (Fsp3) is 0.467. The molecule has 5 nitrogen and oxygen atoms in total. The molecule has 20 heavy (non-hydrogen) atoms. The first-order valence-corrected chi connectivity index (χ1v) is 6.55. The normalized spacial score (nSPS) is 10.8. The van der Waals surface area contributed by atoms with Crippen molar-refractivity contribution in [3.05, 3.63) is 29.8 Å². The Morgan fingerprint density at radius 1 is 1.20 bits per heavy atom. The number of hydrogen-bond acceptors (Lipinski definition) is 3. The van der Waals surface area contributed by atoms with Crippen LogP contribution < -0.4 is 10.6 Å². The smallest absolute Gasteiger partial charge is 0.253 e. The Labute approximate surface area is 120 Å². The maximum absolute atomic E-state index is 11.8. The van der Waals surface area contributed by atoms with Gasteiger partial charge in [0.25, 0.3) is 5.91 Å². The van der Waals surface area contributed by atoms with Gasteiger partial charge in [-0.15, -0.1) is 0 Å². The van der Waals surface area contributed by atoms with E-state index in [4.69, 9.17) is 0 Å². The molecule has 0 aromatic heterocycles. The Hall–Kier alpha value is -2.04. The summed E-state index contributed by atoms with van der Waals surface area (Å²) in [5.74, 6) is -0.144. The minimum atomic E-state index is -0.249. The van der Waals surface area contributed by atoms with E-state index in [1.54, 1.807) is 32.3 Å². The van der Waals surface area contributed by atoms with Crippen molar-refractivity contribution >= 4 is 17.5 Å². The fourth-order valence-corrected chi connectivity index (χ4v) is 1.67. The molecule has 0 bridgehead atoms. The van der Waals surface area contributed by atoms with E-state index in [-0.39, 0.29) is 23.9 Å². The summed E-state index contributed by atoms with van der Waals surface area (Å²) in [6.45, 7) is 5.97. The second kappa shape index (κ2) is 6.41. The lowest BCUT2D eigenvalue weighted by Gasteiger charge is -2.20. The van der Waals surface area contributed by atoms with E-state index >= 15 is 0 Å². The lowest BCUT2D eigenvalue weighted by molar-refractivity contribution is -0.120. The summed E-state index contributed by atoms with van der Waals surface area (Å²) < 4.78 is 0. The zero-order valence-electron chi connectivity index (χ0n) is 12.8. The third-order valence-electron chi connectivity index (χ3n) is 2.48. The Morgan fingerprint density at radius 3 is 2.40 bits per heavy atom. The average molecular weight is 277 g/mol. The molecule has 0 saturated heterocycles. The highest BCUT2D eigenvalue weighted by atomic mass is 16.2. The maximum atomic E-state index is 11.8. The van der Waals surface area contributed by atoms with Gasteiger partial charge < -0.3 is 15.5 Å². The van der Waals surface area contributed by atoms with Crippen molar-refractivity contribution in [2.45, 2.75) is 26.3 Å². The molecule has 110 valence electrons. The Morgan fingerprint density at radius 2 is 1.85 bits per heavy atom. The molecule has 1 aromatic rings. The van der Waals surface area contributed by atoms with Crippen LogP contribution in [0.4, 0.5) is 5.69 Å². The molecular weight excluding hydrogens is 254 g/mol. The molecule has 2 N–H and O–H groups in total. The minimum absolute atomic E-state index is 0.0622. The van der Waals surface area contributed by atoms with Gasteiger partial charge in [-0.1, -0.05) is 6.07 Å². The van der Waals surface area contributed by atoms with Crippen molar-refractivity contribution in [3.8, 4) is 0 Å². The molecule has 0 heterocycles. The predicted octanol–water partition coefficient (Wildman–Crippen LogP) is 1.71. The zero-order chi connectivity index (χ0) is 15.3. The van der Waals surface area contributed by atoms with Crippen molar-refractivity contribution < 1.29 is 9.59 Å². The number of rotatable bonds is 4. The van der Waals surface area contributed by atoms with Crippen molar-refractivity contribution in [3.63, 3.8) is 0 Å². The molecule has 1 aromatic carbocycles. The quantitative estimate of drug-likeness (QED) is 0.881. The summed E-state index contributed by atoms with van der Waals surface area (Å²) in [6.07, 6.45) is 0. The first-order valence-electron chi connectivity index (χ1n) is 6.55. The molecule has 5 heteroatoms. The highest BCUT2D eigenvalue weighted by Crippen LogP contribution is 2.11. The van der Waals surface area contributed by atoms with Gasteiger partial charge in [0.2, 0.25) is 5.91 Å². The molecule has 0 fully saturated rings. The van der Waals surface area contributed by atoms with Crippen molar-refractivity contribution in [1.82, 2.24) is 10.2 Å². The molecule has 0 atom stereocenters. The van der Waals surface area contributed by atoms with Gasteiger partial charge in [-0.2, -0.15) is 0 Å². The van der Waals surface area contributed by atoms with Gasteiger partial charge in [0.1, 0.15) is 0 Å². The number of carbonyl (C=O) groups is 2. The van der Waals surface area contributed by atoms with Crippen molar-refractivity contribution in [2.75, 3.05) is 26.0 Å². The van der Waals surface area contributed by atoms with E-state index < -0.39 is 0 Å². The van der Waals surface area contributed by atoms with Crippen LogP contribution in [0.5, 0.6) is 0 Å². The molecule has 0 radical (unpaired) electrons. The van der Waals surface area contributed by atoms with Crippen LogP contribution in [0.1, 0.15) is 31.1 Å². The summed E-state index contributed by atoms with van der Waals surface area (Å²) >= 11 is 0. The molecule has 0 aliphatic carbocycles. The van der Waals surface area contributed by atoms with Crippen molar-refractivity contribution in [1.29, 1.82) is 0 Å².